The van der Waals surface area contributed by atoms with Gasteiger partial charge in [-0.05, 0) is 63.9 Å². The van der Waals surface area contributed by atoms with Crippen molar-refractivity contribution in [2.45, 2.75) is 54.0 Å². The van der Waals surface area contributed by atoms with Gasteiger partial charge in [-0.3, -0.25) is 9.69 Å². The Morgan fingerprint density at radius 2 is 1.83 bits per heavy atom. The molecule has 0 radical (unpaired) electrons. The second-order valence-electron chi connectivity index (χ2n) is 6.43. The number of phenolic OH excluding ortho intramolecular Hbond substituents is 1. The predicted octanol–water partition coefficient (Wildman–Crippen LogP) is 4.19. The van der Waals surface area contributed by atoms with Crippen molar-refractivity contribution in [3.05, 3.63) is 34.1 Å². The van der Waals surface area contributed by atoms with Gasteiger partial charge >= 0.3 is 0 Å². The zero-order valence-corrected chi connectivity index (χ0v) is 14.8. The number of allylic oxidation sites excluding steroid dienone is 2. The van der Waals surface area contributed by atoms with Crippen LogP contribution < -0.4 is 4.74 Å². The molecular formula is C19H27NO3. The molecule has 0 fully saturated rings. The molecular weight excluding hydrogens is 290 g/mol. The smallest absolute Gasteiger partial charge is 0.232 e. The largest absolute Gasteiger partial charge is 0.507 e. The fourth-order valence-corrected chi connectivity index (χ4v) is 3.08. The summed E-state index contributed by atoms with van der Waals surface area (Å²) in [6.07, 6.45) is 2.10. The zero-order valence-electron chi connectivity index (χ0n) is 14.8. The summed E-state index contributed by atoms with van der Waals surface area (Å²) < 4.78 is 5.87. The number of aryl methyl sites for hydroxylation is 1. The first-order valence-electron chi connectivity index (χ1n) is 8.38. The highest BCUT2D eigenvalue weighted by atomic mass is 16.5. The van der Waals surface area contributed by atoms with Gasteiger partial charge in [0.25, 0.3) is 0 Å². The Balaban J connectivity index is 2.47. The molecule has 0 spiro atoms. The molecule has 0 saturated heterocycles. The maximum atomic E-state index is 12.6. The average Bonchev–Trinajstić information content (AvgIpc) is 2.82. The first-order valence-corrected chi connectivity index (χ1v) is 8.38. The van der Waals surface area contributed by atoms with Crippen molar-refractivity contribution in [1.82, 2.24) is 4.90 Å². The summed E-state index contributed by atoms with van der Waals surface area (Å²) in [6, 6.07) is 1.68. The summed E-state index contributed by atoms with van der Waals surface area (Å²) in [5, 5.41) is 10.4. The van der Waals surface area contributed by atoms with E-state index in [0.29, 0.717) is 23.6 Å². The van der Waals surface area contributed by atoms with E-state index in [-0.39, 0.29) is 11.5 Å². The number of rotatable bonds is 6. The van der Waals surface area contributed by atoms with E-state index in [0.717, 1.165) is 42.6 Å². The number of ether oxygens (including phenoxy) is 1. The van der Waals surface area contributed by atoms with Gasteiger partial charge in [-0.25, -0.2) is 0 Å². The number of ketones is 1. The highest BCUT2D eigenvalue weighted by Gasteiger charge is 2.34. The Bertz CT molecular complexity index is 637. The standard InChI is InChI=1S/C19H27NO3/c1-6-8-20(9-7-2)11-14-15(21)10-13(5)16-17(22)18(12(3)4)23-19(14)16/h10,21H,6-9,11H2,1-5H3. The molecule has 1 aliphatic heterocycles. The van der Waals surface area contributed by atoms with Crippen LogP contribution in [0.3, 0.4) is 0 Å². The molecule has 23 heavy (non-hydrogen) atoms. The van der Waals surface area contributed by atoms with Gasteiger partial charge in [-0.15, -0.1) is 0 Å². The summed E-state index contributed by atoms with van der Waals surface area (Å²) in [7, 11) is 0. The Hall–Kier alpha value is -1.81. The maximum absolute atomic E-state index is 12.6. The SMILES string of the molecule is CCCN(CCC)Cc1c(O)cc(C)c2c1OC(=C(C)C)C2=O. The summed E-state index contributed by atoms with van der Waals surface area (Å²) in [4.78, 5) is 14.9. The summed E-state index contributed by atoms with van der Waals surface area (Å²) in [5.74, 6) is 1.07. The van der Waals surface area contributed by atoms with Crippen LogP contribution in [-0.2, 0) is 6.54 Å². The summed E-state index contributed by atoms with van der Waals surface area (Å²) in [5.41, 5.74) is 2.94. The van der Waals surface area contributed by atoms with Gasteiger partial charge in [0, 0.05) is 6.54 Å². The van der Waals surface area contributed by atoms with Crippen molar-refractivity contribution in [3.8, 4) is 11.5 Å². The van der Waals surface area contributed by atoms with Crippen LogP contribution in [0.15, 0.2) is 17.4 Å². The Kier molecular flexibility index (Phi) is 5.47. The maximum Gasteiger partial charge on any atom is 0.232 e. The molecule has 4 nitrogen and oxygen atoms in total. The van der Waals surface area contributed by atoms with Crippen LogP contribution in [0.2, 0.25) is 0 Å². The number of phenols is 1. The number of carbonyl (C=O) groups is 1. The van der Waals surface area contributed by atoms with Crippen LogP contribution in [-0.4, -0.2) is 28.9 Å². The third-order valence-corrected chi connectivity index (χ3v) is 4.11. The van der Waals surface area contributed by atoms with Crippen LogP contribution in [0.1, 0.15) is 62.0 Å². The lowest BCUT2D eigenvalue weighted by Gasteiger charge is -2.22. The number of fused-ring (bicyclic) bond motifs is 1. The van der Waals surface area contributed by atoms with Gasteiger partial charge < -0.3 is 9.84 Å². The molecule has 0 bridgehead atoms. The number of hydrogen-bond donors (Lipinski definition) is 1. The highest BCUT2D eigenvalue weighted by Crippen LogP contribution is 2.42. The van der Waals surface area contributed by atoms with Gasteiger partial charge in [0.15, 0.2) is 5.76 Å². The van der Waals surface area contributed by atoms with E-state index in [9.17, 15) is 9.90 Å². The Morgan fingerprint density at radius 1 is 1.22 bits per heavy atom. The number of aromatic hydroxyl groups is 1. The van der Waals surface area contributed by atoms with E-state index in [1.807, 2.05) is 20.8 Å². The molecule has 1 aromatic rings. The molecule has 0 unspecified atom stereocenters. The first kappa shape index (κ1) is 17.5. The summed E-state index contributed by atoms with van der Waals surface area (Å²) in [6.45, 7) is 12.4. The van der Waals surface area contributed by atoms with Crippen molar-refractivity contribution in [2.75, 3.05) is 13.1 Å². The first-order chi connectivity index (χ1) is 10.9. The van der Waals surface area contributed by atoms with Crippen molar-refractivity contribution in [1.29, 1.82) is 0 Å². The molecule has 1 aliphatic rings. The lowest BCUT2D eigenvalue weighted by Crippen LogP contribution is -2.25. The van der Waals surface area contributed by atoms with Gasteiger partial charge in [0.2, 0.25) is 5.78 Å². The van der Waals surface area contributed by atoms with E-state index >= 15 is 0 Å². The van der Waals surface area contributed by atoms with Crippen LogP contribution in [0.5, 0.6) is 11.5 Å². The molecule has 0 amide bonds. The number of benzene rings is 1. The predicted molar refractivity (Wildman–Crippen MR) is 92.0 cm³/mol. The van der Waals surface area contributed by atoms with Crippen molar-refractivity contribution in [2.24, 2.45) is 0 Å². The average molecular weight is 317 g/mol. The molecule has 0 atom stereocenters. The minimum Gasteiger partial charge on any atom is -0.507 e. The zero-order chi connectivity index (χ0) is 17.1. The monoisotopic (exact) mass is 317 g/mol. The fourth-order valence-electron chi connectivity index (χ4n) is 3.08. The summed E-state index contributed by atoms with van der Waals surface area (Å²) >= 11 is 0. The number of hydrogen-bond acceptors (Lipinski definition) is 4. The molecule has 0 saturated carbocycles. The molecule has 0 aliphatic carbocycles. The lowest BCUT2D eigenvalue weighted by molar-refractivity contribution is 0.101. The van der Waals surface area contributed by atoms with E-state index in [1.165, 1.54) is 0 Å². The molecule has 0 aromatic heterocycles. The normalized spacial score (nSPS) is 13.5. The van der Waals surface area contributed by atoms with E-state index in [2.05, 4.69) is 18.7 Å². The minimum atomic E-state index is -0.0729. The quantitative estimate of drug-likeness (QED) is 0.799. The van der Waals surface area contributed by atoms with Crippen molar-refractivity contribution < 1.29 is 14.6 Å². The van der Waals surface area contributed by atoms with E-state index < -0.39 is 0 Å². The second kappa shape index (κ2) is 7.18. The number of nitrogens with zero attached hydrogens (tertiary/aromatic N) is 1. The Labute approximate surface area is 138 Å². The number of Topliss-reactive ketones (excluding diaryl/α,β-unsaturated/α-hetero) is 1. The topological polar surface area (TPSA) is 49.8 Å². The van der Waals surface area contributed by atoms with E-state index in [1.54, 1.807) is 6.07 Å². The molecule has 126 valence electrons. The van der Waals surface area contributed by atoms with Gasteiger partial charge in [-0.1, -0.05) is 13.8 Å². The van der Waals surface area contributed by atoms with Crippen LogP contribution in [0, 0.1) is 6.92 Å². The van der Waals surface area contributed by atoms with Gasteiger partial charge in [0.05, 0.1) is 11.1 Å². The molecule has 2 rings (SSSR count). The minimum absolute atomic E-state index is 0.0729. The van der Waals surface area contributed by atoms with Crippen LogP contribution in [0.25, 0.3) is 0 Å². The molecule has 1 heterocycles. The van der Waals surface area contributed by atoms with Crippen LogP contribution >= 0.6 is 0 Å². The molecule has 1 N–H and O–H groups in total. The molecule has 1 aromatic carbocycles. The lowest BCUT2D eigenvalue weighted by atomic mass is 9.99. The van der Waals surface area contributed by atoms with Crippen molar-refractivity contribution >= 4 is 5.78 Å². The third-order valence-electron chi connectivity index (χ3n) is 4.11. The van der Waals surface area contributed by atoms with Gasteiger partial charge in [-0.2, -0.15) is 0 Å². The van der Waals surface area contributed by atoms with Crippen molar-refractivity contribution in [3.63, 3.8) is 0 Å². The van der Waals surface area contributed by atoms with Crippen LogP contribution in [0.4, 0.5) is 0 Å². The molecule has 4 heteroatoms. The Morgan fingerprint density at radius 3 is 2.35 bits per heavy atom. The van der Waals surface area contributed by atoms with E-state index in [4.69, 9.17) is 4.74 Å². The third kappa shape index (κ3) is 3.42. The fraction of sp³-hybridized carbons (Fsp3) is 0.526. The highest BCUT2D eigenvalue weighted by molar-refractivity contribution is 6.14. The number of carbonyl (C=O) groups excluding carboxylic acids is 1. The second-order valence-corrected chi connectivity index (χ2v) is 6.43. The van der Waals surface area contributed by atoms with Gasteiger partial charge in [0.1, 0.15) is 11.5 Å².